The Morgan fingerprint density at radius 1 is 1.15 bits per heavy atom. The molecule has 8 nitrogen and oxygen atoms in total. The minimum absolute atomic E-state index is 0.0487. The zero-order valence-corrected chi connectivity index (χ0v) is 18.3. The van der Waals surface area contributed by atoms with Crippen molar-refractivity contribution < 1.29 is 23.5 Å². The largest absolute Gasteiger partial charge is 0.493 e. The van der Waals surface area contributed by atoms with Crippen molar-refractivity contribution in [3.63, 3.8) is 0 Å². The molecule has 33 heavy (non-hydrogen) atoms. The first-order valence-electron chi connectivity index (χ1n) is 11.2. The minimum Gasteiger partial charge on any atom is -0.493 e. The Labute approximate surface area is 190 Å². The molecule has 3 aliphatic rings. The molecule has 5 rings (SSSR count). The predicted octanol–water partition coefficient (Wildman–Crippen LogP) is 4.59. The molecule has 0 aromatic heterocycles. The van der Waals surface area contributed by atoms with Crippen molar-refractivity contribution in [1.82, 2.24) is 5.32 Å². The quantitative estimate of drug-likeness (QED) is 0.485. The summed E-state index contributed by atoms with van der Waals surface area (Å²) in [6.45, 7) is 2.85. The van der Waals surface area contributed by atoms with E-state index in [1.54, 1.807) is 13.3 Å². The van der Waals surface area contributed by atoms with Gasteiger partial charge in [-0.2, -0.15) is 0 Å². The van der Waals surface area contributed by atoms with Gasteiger partial charge in [-0.05, 0) is 55.8 Å². The molecule has 2 aliphatic heterocycles. The maximum Gasteiger partial charge on any atom is 0.272 e. The van der Waals surface area contributed by atoms with Crippen molar-refractivity contribution in [3.8, 4) is 17.2 Å². The molecular weight excluding hydrogens is 429 g/mol. The van der Waals surface area contributed by atoms with E-state index < -0.39 is 16.8 Å². The first-order valence-corrected chi connectivity index (χ1v) is 11.2. The highest BCUT2D eigenvalue weighted by atomic mass is 19.1. The lowest BCUT2D eigenvalue weighted by Crippen LogP contribution is -2.16. The Hall–Kier alpha value is -3.20. The van der Waals surface area contributed by atoms with Crippen LogP contribution in [-0.4, -0.2) is 37.9 Å². The van der Waals surface area contributed by atoms with Gasteiger partial charge < -0.3 is 19.5 Å². The Morgan fingerprint density at radius 2 is 1.94 bits per heavy atom. The van der Waals surface area contributed by atoms with Gasteiger partial charge in [0.2, 0.25) is 0 Å². The van der Waals surface area contributed by atoms with Gasteiger partial charge in [-0.15, -0.1) is 0 Å². The van der Waals surface area contributed by atoms with Crippen LogP contribution in [0.5, 0.6) is 17.2 Å². The predicted molar refractivity (Wildman–Crippen MR) is 120 cm³/mol. The lowest BCUT2D eigenvalue weighted by atomic mass is 10.0. The highest BCUT2D eigenvalue weighted by Crippen LogP contribution is 2.44. The molecule has 2 aromatic carbocycles. The summed E-state index contributed by atoms with van der Waals surface area (Å²) in [7, 11) is 1.58. The summed E-state index contributed by atoms with van der Waals surface area (Å²) in [5.41, 5.74) is 1.11. The molecule has 0 bridgehead atoms. The SMILES string of the molecule is COc1cc2c(cc1OCC1CC3CNCC3C1)N=CCC2Oc1ccc([N+](=O)[O-])cc1F. The second-order valence-corrected chi connectivity index (χ2v) is 8.91. The van der Waals surface area contributed by atoms with Crippen LogP contribution in [0.2, 0.25) is 0 Å². The van der Waals surface area contributed by atoms with Gasteiger partial charge in [0.1, 0.15) is 6.10 Å². The second-order valence-electron chi connectivity index (χ2n) is 8.91. The number of aliphatic imine (C=N–C) groups is 1. The summed E-state index contributed by atoms with van der Waals surface area (Å²) in [6.07, 6.45) is 4.02. The molecule has 3 atom stereocenters. The molecule has 0 amide bonds. The Kier molecular flexibility index (Phi) is 5.88. The minimum atomic E-state index is -0.781. The summed E-state index contributed by atoms with van der Waals surface area (Å²) in [5.74, 6) is 2.42. The number of fused-ring (bicyclic) bond motifs is 2. The summed E-state index contributed by atoms with van der Waals surface area (Å²) in [4.78, 5) is 14.7. The van der Waals surface area contributed by atoms with E-state index in [-0.39, 0.29) is 11.4 Å². The van der Waals surface area contributed by atoms with Crippen molar-refractivity contribution in [2.24, 2.45) is 22.7 Å². The number of nitrogens with zero attached hydrogens (tertiary/aromatic N) is 2. The van der Waals surface area contributed by atoms with E-state index in [9.17, 15) is 14.5 Å². The van der Waals surface area contributed by atoms with Gasteiger partial charge in [-0.25, -0.2) is 4.39 Å². The Bertz CT molecular complexity index is 1080. The summed E-state index contributed by atoms with van der Waals surface area (Å²) in [5, 5.41) is 14.3. The zero-order chi connectivity index (χ0) is 22.9. The zero-order valence-electron chi connectivity index (χ0n) is 18.3. The van der Waals surface area contributed by atoms with Crippen LogP contribution in [0.15, 0.2) is 35.3 Å². The fraction of sp³-hybridized carbons (Fsp3) is 0.458. The van der Waals surface area contributed by atoms with Crippen molar-refractivity contribution in [3.05, 3.63) is 51.8 Å². The Balaban J connectivity index is 1.32. The van der Waals surface area contributed by atoms with Gasteiger partial charge in [0, 0.05) is 30.3 Å². The van der Waals surface area contributed by atoms with Gasteiger partial charge in [0.05, 0.1) is 30.4 Å². The average molecular weight is 455 g/mol. The van der Waals surface area contributed by atoms with Gasteiger partial charge in [0.15, 0.2) is 23.1 Å². The number of ether oxygens (including phenoxy) is 3. The van der Waals surface area contributed by atoms with Crippen LogP contribution >= 0.6 is 0 Å². The molecule has 0 spiro atoms. The highest BCUT2D eigenvalue weighted by Gasteiger charge is 2.37. The third-order valence-electron chi connectivity index (χ3n) is 6.83. The number of nitro benzene ring substituents is 1. The second kappa shape index (κ2) is 8.97. The molecule has 9 heteroatoms. The topological polar surface area (TPSA) is 95.2 Å². The van der Waals surface area contributed by atoms with Crippen LogP contribution in [0.25, 0.3) is 0 Å². The molecule has 1 saturated heterocycles. The first-order chi connectivity index (χ1) is 16.0. The third kappa shape index (κ3) is 4.37. The van der Waals surface area contributed by atoms with Gasteiger partial charge in [-0.3, -0.25) is 15.1 Å². The molecule has 2 aromatic rings. The van der Waals surface area contributed by atoms with Crippen LogP contribution < -0.4 is 19.5 Å². The number of methoxy groups -OCH3 is 1. The van der Waals surface area contributed by atoms with Crippen LogP contribution in [0.3, 0.4) is 0 Å². The molecule has 2 fully saturated rings. The van der Waals surface area contributed by atoms with E-state index in [4.69, 9.17) is 14.2 Å². The van der Waals surface area contributed by atoms with E-state index in [0.29, 0.717) is 36.1 Å². The van der Waals surface area contributed by atoms with Crippen molar-refractivity contribution in [1.29, 1.82) is 0 Å². The molecule has 1 N–H and O–H groups in total. The molecule has 3 unspecified atom stereocenters. The van der Waals surface area contributed by atoms with Gasteiger partial charge >= 0.3 is 0 Å². The molecule has 0 radical (unpaired) electrons. The molecule has 2 heterocycles. The number of hydrogen-bond donors (Lipinski definition) is 1. The Morgan fingerprint density at radius 3 is 2.64 bits per heavy atom. The fourth-order valence-electron chi connectivity index (χ4n) is 5.18. The summed E-state index contributed by atoms with van der Waals surface area (Å²) >= 11 is 0. The molecule has 1 aliphatic carbocycles. The smallest absolute Gasteiger partial charge is 0.272 e. The number of hydrogen-bond acceptors (Lipinski definition) is 7. The normalized spacial score (nSPS) is 25.4. The lowest BCUT2D eigenvalue weighted by Gasteiger charge is -2.24. The van der Waals surface area contributed by atoms with Crippen LogP contribution in [0.4, 0.5) is 15.8 Å². The van der Waals surface area contributed by atoms with E-state index in [2.05, 4.69) is 10.3 Å². The highest BCUT2D eigenvalue weighted by molar-refractivity contribution is 5.72. The first kappa shape index (κ1) is 21.6. The maximum absolute atomic E-state index is 14.4. The third-order valence-corrected chi connectivity index (χ3v) is 6.83. The fourth-order valence-corrected chi connectivity index (χ4v) is 5.18. The van der Waals surface area contributed by atoms with Crippen molar-refractivity contribution in [2.75, 3.05) is 26.8 Å². The molecular formula is C24H26FN3O5. The summed E-state index contributed by atoms with van der Waals surface area (Å²) < 4.78 is 32.0. The van der Waals surface area contributed by atoms with Gasteiger partial charge in [0.25, 0.3) is 5.69 Å². The van der Waals surface area contributed by atoms with Gasteiger partial charge in [-0.1, -0.05) is 0 Å². The van der Waals surface area contributed by atoms with Crippen LogP contribution in [-0.2, 0) is 0 Å². The van der Waals surface area contributed by atoms with Crippen molar-refractivity contribution >= 4 is 17.6 Å². The number of non-ortho nitro benzene ring substituents is 1. The number of rotatable bonds is 7. The lowest BCUT2D eigenvalue weighted by molar-refractivity contribution is -0.385. The van der Waals surface area contributed by atoms with Crippen LogP contribution in [0.1, 0.15) is 30.9 Å². The van der Waals surface area contributed by atoms with E-state index >= 15 is 0 Å². The number of nitrogens with one attached hydrogen (secondary N) is 1. The standard InChI is InChI=1S/C24H26FN3O5/c1-31-23-9-18-20(10-24(23)32-13-14-6-15-11-26-12-16(15)7-14)27-5-4-21(18)33-22-3-2-17(28(29)30)8-19(22)25/h2-3,5,8-10,14-16,21,26H,4,6-7,11-13H2,1H3. The van der Waals surface area contributed by atoms with E-state index in [1.807, 2.05) is 12.1 Å². The molecule has 1 saturated carbocycles. The number of halogens is 1. The number of nitro groups is 1. The van der Waals surface area contributed by atoms with E-state index in [0.717, 1.165) is 36.6 Å². The summed E-state index contributed by atoms with van der Waals surface area (Å²) in [6, 6.07) is 7.02. The van der Waals surface area contributed by atoms with E-state index in [1.165, 1.54) is 25.0 Å². The molecule has 174 valence electrons. The van der Waals surface area contributed by atoms with Crippen molar-refractivity contribution in [2.45, 2.75) is 25.4 Å². The average Bonchev–Trinajstić information content (AvgIpc) is 3.40. The van der Waals surface area contributed by atoms with Crippen LogP contribution in [0, 0.1) is 33.7 Å². The number of benzene rings is 2. The monoisotopic (exact) mass is 455 g/mol. The maximum atomic E-state index is 14.4.